The zero-order valence-corrected chi connectivity index (χ0v) is 15.6. The molecule has 0 saturated carbocycles. The molecule has 27 heavy (non-hydrogen) atoms. The third-order valence-electron chi connectivity index (χ3n) is 3.65. The Balaban J connectivity index is 1.86. The molecule has 0 unspecified atom stereocenters. The number of ether oxygens (including phenoxy) is 1. The number of hydrogen-bond donors (Lipinski definition) is 2. The number of rotatable bonds is 6. The van der Waals surface area contributed by atoms with Crippen LogP contribution < -0.4 is 5.32 Å². The average molecular weight is 391 g/mol. The fourth-order valence-corrected chi connectivity index (χ4v) is 2.37. The molecule has 0 aliphatic carbocycles. The molecule has 0 heterocycles. The number of halogens is 1. The molecule has 2 amide bonds. The molecule has 2 aromatic carbocycles. The standard InChI is InChI=1S/C19H19ClN2O5/c1-12-7-8-16(23)13(9-12)19(26)27-11-18(25)22(2)10-17(24)21-15-6-4-3-5-14(15)20/h3-9,23H,10-11H2,1-2H3,(H,21,24). The maximum Gasteiger partial charge on any atom is 0.342 e. The summed E-state index contributed by atoms with van der Waals surface area (Å²) in [7, 11) is 1.41. The quantitative estimate of drug-likeness (QED) is 0.739. The number of hydrogen-bond acceptors (Lipinski definition) is 5. The van der Waals surface area contributed by atoms with Crippen LogP contribution in [0.25, 0.3) is 0 Å². The van der Waals surface area contributed by atoms with E-state index in [1.807, 2.05) is 0 Å². The second-order valence-electron chi connectivity index (χ2n) is 5.87. The monoisotopic (exact) mass is 390 g/mol. The van der Waals surface area contributed by atoms with E-state index in [4.69, 9.17) is 16.3 Å². The zero-order chi connectivity index (χ0) is 20.0. The van der Waals surface area contributed by atoms with Gasteiger partial charge in [0.25, 0.3) is 5.91 Å². The maximum absolute atomic E-state index is 12.1. The topological polar surface area (TPSA) is 95.9 Å². The smallest absolute Gasteiger partial charge is 0.342 e. The zero-order valence-electron chi connectivity index (χ0n) is 14.9. The second kappa shape index (κ2) is 9.05. The van der Waals surface area contributed by atoms with Crippen molar-refractivity contribution in [2.24, 2.45) is 0 Å². The van der Waals surface area contributed by atoms with E-state index in [0.29, 0.717) is 10.7 Å². The Bertz CT molecular complexity index is 869. The first-order valence-electron chi connectivity index (χ1n) is 8.03. The first-order chi connectivity index (χ1) is 12.8. The molecule has 142 valence electrons. The Labute approximate surface area is 161 Å². The van der Waals surface area contributed by atoms with Crippen molar-refractivity contribution in [3.05, 3.63) is 58.6 Å². The van der Waals surface area contributed by atoms with Crippen molar-refractivity contribution in [1.29, 1.82) is 0 Å². The average Bonchev–Trinajstić information content (AvgIpc) is 2.63. The normalized spacial score (nSPS) is 10.2. The Morgan fingerprint density at radius 3 is 2.59 bits per heavy atom. The van der Waals surface area contributed by atoms with E-state index in [0.717, 1.165) is 10.5 Å². The summed E-state index contributed by atoms with van der Waals surface area (Å²) in [4.78, 5) is 37.2. The molecular formula is C19H19ClN2O5. The number of benzene rings is 2. The molecule has 0 spiro atoms. The third kappa shape index (κ3) is 5.72. The summed E-state index contributed by atoms with van der Waals surface area (Å²) in [6.45, 7) is 0.964. The van der Waals surface area contributed by atoms with Crippen LogP contribution in [0.4, 0.5) is 5.69 Å². The highest BCUT2D eigenvalue weighted by Gasteiger charge is 2.18. The summed E-state index contributed by atoms with van der Waals surface area (Å²) in [5.41, 5.74) is 1.17. The lowest BCUT2D eigenvalue weighted by molar-refractivity contribution is -0.136. The number of amides is 2. The molecule has 0 aliphatic heterocycles. The van der Waals surface area contributed by atoms with Crippen LogP contribution in [0.5, 0.6) is 5.75 Å². The SMILES string of the molecule is Cc1ccc(O)c(C(=O)OCC(=O)N(C)CC(=O)Nc2ccccc2Cl)c1. The Kier molecular flexibility index (Phi) is 6.79. The van der Waals surface area contributed by atoms with Gasteiger partial charge in [0, 0.05) is 7.05 Å². The van der Waals surface area contributed by atoms with Crippen LogP contribution in [0.15, 0.2) is 42.5 Å². The molecule has 0 aliphatic rings. The summed E-state index contributed by atoms with van der Waals surface area (Å²) in [6.07, 6.45) is 0. The molecule has 2 rings (SSSR count). The highest BCUT2D eigenvalue weighted by atomic mass is 35.5. The molecule has 0 bridgehead atoms. The van der Waals surface area contributed by atoms with Gasteiger partial charge < -0.3 is 20.1 Å². The minimum Gasteiger partial charge on any atom is -0.507 e. The lowest BCUT2D eigenvalue weighted by Crippen LogP contribution is -2.37. The van der Waals surface area contributed by atoms with Gasteiger partial charge in [-0.15, -0.1) is 0 Å². The van der Waals surface area contributed by atoms with Crippen molar-refractivity contribution >= 4 is 35.1 Å². The largest absolute Gasteiger partial charge is 0.507 e. The lowest BCUT2D eigenvalue weighted by Gasteiger charge is -2.17. The minimum absolute atomic E-state index is 0.0260. The van der Waals surface area contributed by atoms with E-state index in [-0.39, 0.29) is 17.9 Å². The van der Waals surface area contributed by atoms with Crippen molar-refractivity contribution in [3.8, 4) is 5.75 Å². The van der Waals surface area contributed by atoms with E-state index in [1.165, 1.54) is 19.2 Å². The van der Waals surface area contributed by atoms with Gasteiger partial charge in [-0.3, -0.25) is 9.59 Å². The van der Waals surface area contributed by atoms with Crippen molar-refractivity contribution < 1.29 is 24.2 Å². The highest BCUT2D eigenvalue weighted by Crippen LogP contribution is 2.20. The number of esters is 1. The molecule has 0 aromatic heterocycles. The number of carbonyl (C=O) groups is 3. The van der Waals surface area contributed by atoms with Crippen molar-refractivity contribution in [1.82, 2.24) is 4.90 Å². The van der Waals surface area contributed by atoms with Gasteiger partial charge >= 0.3 is 5.97 Å². The second-order valence-corrected chi connectivity index (χ2v) is 6.28. The van der Waals surface area contributed by atoms with Crippen LogP contribution in [-0.4, -0.2) is 48.0 Å². The number of anilines is 1. The number of carbonyl (C=O) groups excluding carboxylic acids is 3. The lowest BCUT2D eigenvalue weighted by atomic mass is 10.1. The summed E-state index contributed by atoms with van der Waals surface area (Å²) in [6, 6.07) is 11.2. The van der Waals surface area contributed by atoms with Crippen LogP contribution in [-0.2, 0) is 14.3 Å². The van der Waals surface area contributed by atoms with Crippen LogP contribution >= 0.6 is 11.6 Å². The van der Waals surface area contributed by atoms with Crippen molar-refractivity contribution in [3.63, 3.8) is 0 Å². The molecule has 2 aromatic rings. The van der Waals surface area contributed by atoms with Gasteiger partial charge in [0.05, 0.1) is 17.3 Å². The van der Waals surface area contributed by atoms with Crippen molar-refractivity contribution in [2.45, 2.75) is 6.92 Å². The fourth-order valence-electron chi connectivity index (χ4n) is 2.18. The number of likely N-dealkylation sites (N-methyl/N-ethyl adjacent to an activating group) is 1. The number of para-hydroxylation sites is 1. The van der Waals surface area contributed by atoms with Crippen LogP contribution in [0, 0.1) is 6.92 Å². The number of phenolic OH excluding ortho intramolecular Hbond substituents is 1. The van der Waals surface area contributed by atoms with Gasteiger partial charge in [-0.2, -0.15) is 0 Å². The van der Waals surface area contributed by atoms with E-state index in [1.54, 1.807) is 37.3 Å². The first-order valence-corrected chi connectivity index (χ1v) is 8.41. The molecule has 0 radical (unpaired) electrons. The maximum atomic E-state index is 12.1. The molecule has 7 nitrogen and oxygen atoms in total. The Morgan fingerprint density at radius 1 is 1.19 bits per heavy atom. The minimum atomic E-state index is -0.821. The van der Waals surface area contributed by atoms with Gasteiger partial charge in [-0.25, -0.2) is 4.79 Å². The Hall–Kier alpha value is -3.06. The molecule has 8 heteroatoms. The van der Waals surface area contributed by atoms with E-state index < -0.39 is 24.4 Å². The molecular weight excluding hydrogens is 372 g/mol. The highest BCUT2D eigenvalue weighted by molar-refractivity contribution is 6.33. The Morgan fingerprint density at radius 2 is 1.89 bits per heavy atom. The fraction of sp³-hybridized carbons (Fsp3) is 0.211. The van der Waals surface area contributed by atoms with Crippen LogP contribution in [0.2, 0.25) is 5.02 Å². The number of phenols is 1. The van der Waals surface area contributed by atoms with Crippen molar-refractivity contribution in [2.75, 3.05) is 25.5 Å². The summed E-state index contributed by atoms with van der Waals surface area (Å²) in [5, 5.41) is 12.7. The van der Waals surface area contributed by atoms with Gasteiger partial charge in [0.2, 0.25) is 5.91 Å². The summed E-state index contributed by atoms with van der Waals surface area (Å²) < 4.78 is 4.92. The predicted octanol–water partition coefficient (Wildman–Crippen LogP) is 2.61. The molecule has 0 atom stereocenters. The number of nitrogens with one attached hydrogen (secondary N) is 1. The predicted molar refractivity (Wildman–Crippen MR) is 101 cm³/mol. The van der Waals surface area contributed by atoms with Gasteiger partial charge in [0.1, 0.15) is 11.3 Å². The van der Waals surface area contributed by atoms with Crippen LogP contribution in [0.1, 0.15) is 15.9 Å². The van der Waals surface area contributed by atoms with E-state index >= 15 is 0 Å². The summed E-state index contributed by atoms with van der Waals surface area (Å²) in [5.74, 6) is -2.06. The first kappa shape index (κ1) is 20.3. The number of aromatic hydroxyl groups is 1. The summed E-state index contributed by atoms with van der Waals surface area (Å²) >= 11 is 5.96. The van der Waals surface area contributed by atoms with Gasteiger partial charge in [0.15, 0.2) is 6.61 Å². The number of nitrogens with zero attached hydrogens (tertiary/aromatic N) is 1. The van der Waals surface area contributed by atoms with E-state index in [9.17, 15) is 19.5 Å². The van der Waals surface area contributed by atoms with Crippen LogP contribution in [0.3, 0.4) is 0 Å². The van der Waals surface area contributed by atoms with Gasteiger partial charge in [-0.1, -0.05) is 35.4 Å². The molecule has 0 saturated heterocycles. The van der Waals surface area contributed by atoms with E-state index in [2.05, 4.69) is 5.32 Å². The van der Waals surface area contributed by atoms with Gasteiger partial charge in [-0.05, 0) is 31.2 Å². The molecule has 0 fully saturated rings. The number of aryl methyl sites for hydroxylation is 1. The third-order valence-corrected chi connectivity index (χ3v) is 3.98. The molecule has 2 N–H and O–H groups in total.